The lowest BCUT2D eigenvalue weighted by Gasteiger charge is -2.22. The number of fused-ring (bicyclic) bond motifs is 1. The fourth-order valence-corrected chi connectivity index (χ4v) is 4.87. The zero-order chi connectivity index (χ0) is 26.4. The summed E-state index contributed by atoms with van der Waals surface area (Å²) in [5.41, 5.74) is 4.42. The van der Waals surface area contributed by atoms with Crippen LogP contribution in [0.2, 0.25) is 0 Å². The van der Waals surface area contributed by atoms with Gasteiger partial charge in [0.05, 0.1) is 11.3 Å². The summed E-state index contributed by atoms with van der Waals surface area (Å²) in [5, 5.41) is 0.801. The van der Waals surface area contributed by atoms with Crippen LogP contribution in [-0.2, 0) is 4.79 Å². The first-order valence-corrected chi connectivity index (χ1v) is 13.0. The molecular formula is C29H33BrN2O4. The van der Waals surface area contributed by atoms with Crippen molar-refractivity contribution in [1.29, 1.82) is 0 Å². The summed E-state index contributed by atoms with van der Waals surface area (Å²) in [5.74, 6) is 0.444. The largest absolute Gasteiger partial charge is 0.428 e. The first kappa shape index (κ1) is 27.3. The molecule has 0 aliphatic carbocycles. The highest BCUT2D eigenvalue weighted by atomic mass is 79.9. The van der Waals surface area contributed by atoms with Gasteiger partial charge >= 0.3 is 5.63 Å². The van der Waals surface area contributed by atoms with Crippen LogP contribution in [0.15, 0.2) is 62.2 Å². The summed E-state index contributed by atoms with van der Waals surface area (Å²) in [6.07, 6.45) is 1.86. The van der Waals surface area contributed by atoms with Crippen LogP contribution in [0.5, 0.6) is 5.75 Å². The summed E-state index contributed by atoms with van der Waals surface area (Å²) < 4.78 is 11.9. The van der Waals surface area contributed by atoms with Gasteiger partial charge in [0, 0.05) is 59.4 Å². The van der Waals surface area contributed by atoms with Crippen LogP contribution in [0.3, 0.4) is 0 Å². The van der Waals surface area contributed by atoms with Crippen molar-refractivity contribution < 1.29 is 13.9 Å². The molecule has 0 saturated carbocycles. The molecule has 6 nitrogen and oxygen atoms in total. The number of carbonyl (C=O) groups excluding carboxylic acids is 1. The second kappa shape index (κ2) is 12.1. The Labute approximate surface area is 221 Å². The van der Waals surface area contributed by atoms with E-state index in [1.54, 1.807) is 0 Å². The fourth-order valence-electron chi connectivity index (χ4n) is 4.26. The number of hydrogen-bond acceptors (Lipinski definition) is 6. The maximum Gasteiger partial charge on any atom is 0.344 e. The van der Waals surface area contributed by atoms with Crippen LogP contribution in [-0.4, -0.2) is 32.7 Å². The van der Waals surface area contributed by atoms with E-state index in [2.05, 4.69) is 60.0 Å². The summed E-state index contributed by atoms with van der Waals surface area (Å²) in [6.45, 7) is 18.1. The number of halogens is 1. The smallest absolute Gasteiger partial charge is 0.344 e. The van der Waals surface area contributed by atoms with E-state index in [1.807, 2.05) is 49.4 Å². The molecule has 7 heteroatoms. The molecule has 0 unspecified atom stereocenters. The van der Waals surface area contributed by atoms with Crippen molar-refractivity contribution in [3.05, 3.63) is 74.6 Å². The number of carbonyl (C=O) groups is 1. The lowest BCUT2D eigenvalue weighted by molar-refractivity contribution is -0.120. The molecule has 36 heavy (non-hydrogen) atoms. The average Bonchev–Trinajstić information content (AvgIpc) is 2.87. The highest BCUT2D eigenvalue weighted by Crippen LogP contribution is 2.33. The van der Waals surface area contributed by atoms with Gasteiger partial charge in [-0.25, -0.2) is 4.79 Å². The fraction of sp³-hybridized carbons (Fsp3) is 0.310. The minimum Gasteiger partial charge on any atom is -0.428 e. The summed E-state index contributed by atoms with van der Waals surface area (Å²) >= 11 is 3.66. The lowest BCUT2D eigenvalue weighted by Crippen LogP contribution is -2.22. The SMILES string of the molecule is C=C(/C(C)=C/c1ccc(N(CC)CC)cc1OC=O)c1cc2cc(Br)c(N(CC)CC)cc2oc1=O. The monoisotopic (exact) mass is 552 g/mol. The zero-order valence-corrected chi connectivity index (χ0v) is 23.1. The van der Waals surface area contributed by atoms with Crippen molar-refractivity contribution in [3.8, 4) is 5.75 Å². The molecule has 0 fully saturated rings. The lowest BCUT2D eigenvalue weighted by atomic mass is 9.98. The number of hydrogen-bond donors (Lipinski definition) is 0. The highest BCUT2D eigenvalue weighted by molar-refractivity contribution is 9.10. The molecule has 0 aliphatic heterocycles. The second-order valence-electron chi connectivity index (χ2n) is 8.38. The molecule has 0 amide bonds. The van der Waals surface area contributed by atoms with Crippen molar-refractivity contribution in [2.75, 3.05) is 36.0 Å². The molecule has 0 N–H and O–H groups in total. The van der Waals surface area contributed by atoms with Gasteiger partial charge in [-0.15, -0.1) is 0 Å². The molecule has 1 aromatic heterocycles. The van der Waals surface area contributed by atoms with E-state index in [1.165, 1.54) is 0 Å². The summed E-state index contributed by atoms with van der Waals surface area (Å²) in [7, 11) is 0. The van der Waals surface area contributed by atoms with Gasteiger partial charge in [0.25, 0.3) is 6.47 Å². The van der Waals surface area contributed by atoms with E-state index in [0.717, 1.165) is 53.0 Å². The molecular weight excluding hydrogens is 520 g/mol. The normalized spacial score (nSPS) is 11.4. The Kier molecular flexibility index (Phi) is 9.15. The average molecular weight is 553 g/mol. The van der Waals surface area contributed by atoms with E-state index >= 15 is 0 Å². The molecule has 2 aromatic carbocycles. The van der Waals surface area contributed by atoms with E-state index < -0.39 is 5.63 Å². The molecule has 0 saturated heterocycles. The second-order valence-corrected chi connectivity index (χ2v) is 9.23. The minimum atomic E-state index is -0.450. The Bertz CT molecular complexity index is 1350. The summed E-state index contributed by atoms with van der Waals surface area (Å²) in [4.78, 5) is 28.4. The molecule has 0 spiro atoms. The first-order valence-electron chi connectivity index (χ1n) is 12.2. The van der Waals surface area contributed by atoms with Gasteiger partial charge in [-0.3, -0.25) is 4.79 Å². The van der Waals surface area contributed by atoms with Crippen molar-refractivity contribution >= 4 is 56.4 Å². The van der Waals surface area contributed by atoms with Crippen LogP contribution >= 0.6 is 15.9 Å². The quantitative estimate of drug-likeness (QED) is 0.146. The number of nitrogens with zero attached hydrogens (tertiary/aromatic N) is 2. The van der Waals surface area contributed by atoms with Gasteiger partial charge in [0.1, 0.15) is 11.3 Å². The van der Waals surface area contributed by atoms with Crippen molar-refractivity contribution in [2.24, 2.45) is 0 Å². The van der Waals surface area contributed by atoms with Crippen LogP contribution in [0.4, 0.5) is 11.4 Å². The van der Waals surface area contributed by atoms with Gasteiger partial charge in [-0.1, -0.05) is 6.58 Å². The standard InChI is InChI=1S/C29H33BrN2O4/c1-7-31(8-2)23-12-11-21(27(16-23)35-18-33)13-19(5)20(6)24-14-22-15-25(30)26(32(9-3)10-4)17-28(22)36-29(24)34/h11-18H,6-10H2,1-5H3/b19-13+. The van der Waals surface area contributed by atoms with E-state index in [4.69, 9.17) is 9.15 Å². The molecule has 1 heterocycles. The maximum atomic E-state index is 12.9. The molecule has 3 rings (SSSR count). The molecule has 3 aromatic rings. The van der Waals surface area contributed by atoms with Gasteiger partial charge in [-0.2, -0.15) is 0 Å². The highest BCUT2D eigenvalue weighted by Gasteiger charge is 2.15. The van der Waals surface area contributed by atoms with Gasteiger partial charge in [-0.05, 0) is 92.0 Å². The molecule has 0 aliphatic rings. The third-order valence-electron chi connectivity index (χ3n) is 6.38. The van der Waals surface area contributed by atoms with E-state index in [-0.39, 0.29) is 0 Å². The van der Waals surface area contributed by atoms with Crippen molar-refractivity contribution in [3.63, 3.8) is 0 Å². The third-order valence-corrected chi connectivity index (χ3v) is 7.01. The van der Waals surface area contributed by atoms with Crippen LogP contribution in [0.1, 0.15) is 45.7 Å². The molecule has 0 bridgehead atoms. The predicted molar refractivity (Wildman–Crippen MR) is 153 cm³/mol. The summed E-state index contributed by atoms with van der Waals surface area (Å²) in [6, 6.07) is 11.4. The zero-order valence-electron chi connectivity index (χ0n) is 21.6. The number of ether oxygens (including phenoxy) is 1. The molecule has 0 atom stereocenters. The Hall–Kier alpha value is -3.32. The van der Waals surface area contributed by atoms with Gasteiger partial charge in [0.15, 0.2) is 0 Å². The molecule has 0 radical (unpaired) electrons. The molecule has 190 valence electrons. The Balaban J connectivity index is 2.01. The van der Waals surface area contributed by atoms with Crippen LogP contribution in [0, 0.1) is 0 Å². The first-order chi connectivity index (χ1) is 17.3. The maximum absolute atomic E-state index is 12.9. The Morgan fingerprint density at radius 2 is 1.69 bits per heavy atom. The van der Waals surface area contributed by atoms with Crippen molar-refractivity contribution in [2.45, 2.75) is 34.6 Å². The number of benzene rings is 2. The predicted octanol–water partition coefficient (Wildman–Crippen LogP) is 6.90. The Morgan fingerprint density at radius 1 is 1.03 bits per heavy atom. The number of rotatable bonds is 11. The van der Waals surface area contributed by atoms with Crippen LogP contribution < -0.4 is 20.2 Å². The van der Waals surface area contributed by atoms with Crippen molar-refractivity contribution in [1.82, 2.24) is 0 Å². The van der Waals surface area contributed by atoms with Gasteiger partial charge in [0.2, 0.25) is 0 Å². The minimum absolute atomic E-state index is 0.386. The van der Waals surface area contributed by atoms with E-state index in [9.17, 15) is 9.59 Å². The topological polar surface area (TPSA) is 63.0 Å². The third kappa shape index (κ3) is 5.73. The van der Waals surface area contributed by atoms with E-state index in [0.29, 0.717) is 34.5 Å². The van der Waals surface area contributed by atoms with Gasteiger partial charge < -0.3 is 19.0 Å². The van der Waals surface area contributed by atoms with Crippen LogP contribution in [0.25, 0.3) is 22.6 Å². The number of allylic oxidation sites excluding steroid dienone is 2. The number of anilines is 2. The Morgan fingerprint density at radius 3 is 2.31 bits per heavy atom.